The normalized spacial score (nSPS) is 24.8. The molecule has 0 atom stereocenters. The largest absolute Gasteiger partial charge is 0.493 e. The first kappa shape index (κ1) is 43.1. The molecule has 0 amide bonds. The van der Waals surface area contributed by atoms with Crippen LogP contribution in [0.5, 0.6) is 5.75 Å². The van der Waals surface area contributed by atoms with Crippen LogP contribution in [0.15, 0.2) is 36.4 Å². The fraction of sp³-hybridized carbons (Fsp3) is 0.739. The third kappa shape index (κ3) is 13.6. The monoisotopic (exact) mass is 737 g/mol. The summed E-state index contributed by atoms with van der Waals surface area (Å²) >= 11 is 0. The maximum absolute atomic E-state index is 12.2. The molecule has 0 spiro atoms. The lowest BCUT2D eigenvalue weighted by atomic mass is 9.64. The van der Waals surface area contributed by atoms with E-state index in [2.05, 4.69) is 32.2 Å². The van der Waals surface area contributed by atoms with Gasteiger partial charge in [-0.25, -0.2) is 9.59 Å². The lowest BCUT2D eigenvalue weighted by Gasteiger charge is -2.41. The summed E-state index contributed by atoms with van der Waals surface area (Å²) in [6.07, 6.45) is 23.5. The van der Waals surface area contributed by atoms with E-state index in [1.807, 2.05) is 0 Å². The summed E-state index contributed by atoms with van der Waals surface area (Å²) in [5.41, 5.74) is 3.91. The van der Waals surface area contributed by atoms with Gasteiger partial charge in [0.15, 0.2) is 0 Å². The lowest BCUT2D eigenvalue weighted by Crippen LogP contribution is -2.29. The number of aliphatic hydroxyl groups is 2. The van der Waals surface area contributed by atoms with E-state index in [1.54, 1.807) is 13.8 Å². The quantitative estimate of drug-likeness (QED) is 0.0736. The Labute approximate surface area is 321 Å². The highest BCUT2D eigenvalue weighted by atomic mass is 16.5. The Bertz CT molecular complexity index is 1240. The molecular weight excluding hydrogens is 664 g/mol. The smallest absolute Gasteiger partial charge is 0.333 e. The van der Waals surface area contributed by atoms with Gasteiger partial charge in [0.05, 0.1) is 19.8 Å². The number of benzene rings is 1. The predicted octanol–water partition coefficient (Wildman–Crippen LogP) is 9.85. The Morgan fingerprint density at radius 3 is 1.58 bits per heavy atom. The van der Waals surface area contributed by atoms with Gasteiger partial charge < -0.3 is 24.4 Å². The van der Waals surface area contributed by atoms with Gasteiger partial charge in [0.25, 0.3) is 0 Å². The zero-order valence-corrected chi connectivity index (χ0v) is 33.5. The van der Waals surface area contributed by atoms with Crippen molar-refractivity contribution in [3.63, 3.8) is 0 Å². The molecule has 0 saturated heterocycles. The molecule has 0 heterocycles. The summed E-state index contributed by atoms with van der Waals surface area (Å²) in [5, 5.41) is 19.2. The fourth-order valence-electron chi connectivity index (χ4n) is 9.54. The first-order valence-corrected chi connectivity index (χ1v) is 21.3. The molecule has 298 valence electrons. The van der Waals surface area contributed by atoms with E-state index in [9.17, 15) is 19.8 Å². The standard InChI is InChI=1S/C46H72O7/c1-6-7-8-9-34-10-12-36(13-11-34)37-14-16-38(17-15-37)39-18-20-40(21-19-39)43-28-41(23-26-52-45(49)32(2)3)44(51-25-22-35(30-47)31-48)42(29-43)24-27-53-46(50)33(4)5/h28-29,34-40,47-48H,2,4,6-27,30-31H2,1,3,5H3. The third-order valence-corrected chi connectivity index (χ3v) is 13.0. The van der Waals surface area contributed by atoms with E-state index < -0.39 is 11.9 Å². The van der Waals surface area contributed by atoms with Crippen molar-refractivity contribution >= 4 is 11.9 Å². The molecule has 1 aromatic rings. The van der Waals surface area contributed by atoms with Crippen LogP contribution in [0, 0.1) is 35.5 Å². The van der Waals surface area contributed by atoms with E-state index in [-0.39, 0.29) is 32.3 Å². The van der Waals surface area contributed by atoms with Crippen LogP contribution in [0.3, 0.4) is 0 Å². The van der Waals surface area contributed by atoms with Crippen molar-refractivity contribution in [2.75, 3.05) is 33.0 Å². The number of unbranched alkanes of at least 4 members (excludes halogenated alkanes) is 2. The molecule has 2 N–H and O–H groups in total. The average molecular weight is 737 g/mol. The van der Waals surface area contributed by atoms with Gasteiger partial charge in [0, 0.05) is 43.1 Å². The fourth-order valence-corrected chi connectivity index (χ4v) is 9.54. The molecule has 0 bridgehead atoms. The summed E-state index contributed by atoms with van der Waals surface area (Å²) < 4.78 is 17.4. The van der Waals surface area contributed by atoms with Gasteiger partial charge in [-0.05, 0) is 137 Å². The van der Waals surface area contributed by atoms with Crippen LogP contribution in [0.2, 0.25) is 0 Å². The Morgan fingerprint density at radius 1 is 0.698 bits per heavy atom. The number of ether oxygens (including phenoxy) is 3. The minimum Gasteiger partial charge on any atom is -0.493 e. The molecule has 1 aromatic carbocycles. The summed E-state index contributed by atoms with van der Waals surface area (Å²) in [5.74, 6) is 4.66. The van der Waals surface area contributed by atoms with Gasteiger partial charge >= 0.3 is 11.9 Å². The molecule has 3 saturated carbocycles. The molecule has 3 aliphatic carbocycles. The first-order valence-electron chi connectivity index (χ1n) is 21.3. The van der Waals surface area contributed by atoms with E-state index in [0.717, 1.165) is 53.6 Å². The zero-order valence-electron chi connectivity index (χ0n) is 33.5. The molecule has 3 aliphatic rings. The molecule has 3 fully saturated rings. The summed E-state index contributed by atoms with van der Waals surface area (Å²) in [6, 6.07) is 4.47. The van der Waals surface area contributed by atoms with Gasteiger partial charge in [-0.3, -0.25) is 0 Å². The first-order chi connectivity index (χ1) is 25.6. The van der Waals surface area contributed by atoms with Gasteiger partial charge in [0.1, 0.15) is 5.75 Å². The summed E-state index contributed by atoms with van der Waals surface area (Å²) in [6.45, 7) is 13.5. The van der Waals surface area contributed by atoms with Crippen molar-refractivity contribution in [2.24, 2.45) is 35.5 Å². The minimum atomic E-state index is -0.415. The Balaban J connectivity index is 1.40. The van der Waals surface area contributed by atoms with Crippen molar-refractivity contribution < 1.29 is 34.0 Å². The number of carbonyl (C=O) groups excluding carboxylic acids is 2. The number of esters is 2. The number of aliphatic hydroxyl groups excluding tert-OH is 2. The number of carbonyl (C=O) groups is 2. The SMILES string of the molecule is C=C(C)C(=O)OCCc1cc(C2CCC(C3CCC(C4CCC(CCCCC)CC4)CC3)CC2)cc(CCOC(=O)C(=C)C)c1OCCC(CO)CO. The van der Waals surface area contributed by atoms with Crippen LogP contribution in [0.1, 0.15) is 153 Å². The van der Waals surface area contributed by atoms with E-state index in [4.69, 9.17) is 14.2 Å². The maximum Gasteiger partial charge on any atom is 0.333 e. The van der Waals surface area contributed by atoms with Gasteiger partial charge in [-0.2, -0.15) is 0 Å². The van der Waals surface area contributed by atoms with Crippen molar-refractivity contribution in [2.45, 2.75) is 149 Å². The topological polar surface area (TPSA) is 102 Å². The molecule has 0 aromatic heterocycles. The van der Waals surface area contributed by atoms with Gasteiger partial charge in [-0.1, -0.05) is 70.7 Å². The van der Waals surface area contributed by atoms with E-state index >= 15 is 0 Å². The third-order valence-electron chi connectivity index (χ3n) is 13.0. The molecule has 0 unspecified atom stereocenters. The number of rotatable bonds is 21. The van der Waals surface area contributed by atoms with Crippen LogP contribution >= 0.6 is 0 Å². The zero-order chi connectivity index (χ0) is 38.2. The van der Waals surface area contributed by atoms with Crippen molar-refractivity contribution in [3.05, 3.63) is 53.1 Å². The molecule has 0 aliphatic heterocycles. The molecular formula is C46H72O7. The second-order valence-corrected chi connectivity index (χ2v) is 16.9. The van der Waals surface area contributed by atoms with Gasteiger partial charge in [-0.15, -0.1) is 0 Å². The Morgan fingerprint density at radius 2 is 1.15 bits per heavy atom. The van der Waals surface area contributed by atoms with E-state index in [1.165, 1.54) is 95.5 Å². The second kappa shape index (κ2) is 22.7. The Kier molecular flexibility index (Phi) is 18.4. The van der Waals surface area contributed by atoms with Crippen LogP contribution in [-0.4, -0.2) is 55.2 Å². The Hall–Kier alpha value is -2.64. The van der Waals surface area contributed by atoms with Crippen LogP contribution in [0.4, 0.5) is 0 Å². The molecule has 7 heteroatoms. The molecule has 7 nitrogen and oxygen atoms in total. The van der Waals surface area contributed by atoms with Crippen molar-refractivity contribution in [1.29, 1.82) is 0 Å². The van der Waals surface area contributed by atoms with Crippen LogP contribution in [-0.2, 0) is 31.9 Å². The highest BCUT2D eigenvalue weighted by Crippen LogP contribution is 2.48. The summed E-state index contributed by atoms with van der Waals surface area (Å²) in [7, 11) is 0. The minimum absolute atomic E-state index is 0.115. The molecule has 53 heavy (non-hydrogen) atoms. The highest BCUT2D eigenvalue weighted by molar-refractivity contribution is 5.87. The van der Waals surface area contributed by atoms with Gasteiger partial charge in [0.2, 0.25) is 0 Å². The van der Waals surface area contributed by atoms with E-state index in [0.29, 0.717) is 48.7 Å². The number of hydrogen-bond acceptors (Lipinski definition) is 7. The average Bonchev–Trinajstić information content (AvgIpc) is 3.17. The van der Waals surface area contributed by atoms with Crippen LogP contribution in [0.25, 0.3) is 0 Å². The number of hydrogen-bond donors (Lipinski definition) is 2. The van der Waals surface area contributed by atoms with Crippen molar-refractivity contribution in [3.8, 4) is 5.75 Å². The molecule has 4 rings (SSSR count). The summed E-state index contributed by atoms with van der Waals surface area (Å²) in [4.78, 5) is 24.5. The maximum atomic E-state index is 12.2. The van der Waals surface area contributed by atoms with Crippen molar-refractivity contribution in [1.82, 2.24) is 0 Å². The predicted molar refractivity (Wildman–Crippen MR) is 213 cm³/mol. The van der Waals surface area contributed by atoms with Crippen LogP contribution < -0.4 is 4.74 Å². The lowest BCUT2D eigenvalue weighted by molar-refractivity contribution is -0.139. The highest BCUT2D eigenvalue weighted by Gasteiger charge is 2.35. The molecule has 0 radical (unpaired) electrons. The second-order valence-electron chi connectivity index (χ2n) is 16.9.